The van der Waals surface area contributed by atoms with E-state index in [0.29, 0.717) is 17.0 Å². The third kappa shape index (κ3) is 7.36. The lowest BCUT2D eigenvalue weighted by atomic mass is 10.1. The molecule has 0 aliphatic carbocycles. The van der Waals surface area contributed by atoms with Gasteiger partial charge in [0.15, 0.2) is 6.61 Å². The first-order valence-corrected chi connectivity index (χ1v) is 12.4. The second-order valence-corrected chi connectivity index (χ2v) is 9.86. The molecule has 0 aromatic heterocycles. The number of sulfonamides is 1. The van der Waals surface area contributed by atoms with Crippen molar-refractivity contribution in [2.75, 3.05) is 11.3 Å². The second kappa shape index (κ2) is 11.0. The van der Waals surface area contributed by atoms with Gasteiger partial charge in [0.05, 0.1) is 4.90 Å². The van der Waals surface area contributed by atoms with E-state index in [2.05, 4.69) is 22.2 Å². The molecule has 6 nitrogen and oxygen atoms in total. The SMILES string of the molecule is Cc1ccc(NS(=O)(=O)c2ccc(OCC(=O)N[C@@H](C)CCc3ccccc3)c(C)c2)cc1. The van der Waals surface area contributed by atoms with E-state index in [1.165, 1.54) is 17.7 Å². The molecule has 0 bridgehead atoms. The van der Waals surface area contributed by atoms with Crippen LogP contribution in [0.15, 0.2) is 77.7 Å². The topological polar surface area (TPSA) is 84.5 Å². The average molecular weight is 467 g/mol. The Morgan fingerprint density at radius 2 is 1.67 bits per heavy atom. The van der Waals surface area contributed by atoms with E-state index < -0.39 is 10.0 Å². The highest BCUT2D eigenvalue weighted by Gasteiger charge is 2.16. The fraction of sp³-hybridized carbons (Fsp3) is 0.269. The van der Waals surface area contributed by atoms with Crippen molar-refractivity contribution in [1.82, 2.24) is 5.32 Å². The Labute approximate surface area is 196 Å². The summed E-state index contributed by atoms with van der Waals surface area (Å²) in [7, 11) is -3.73. The minimum Gasteiger partial charge on any atom is -0.484 e. The largest absolute Gasteiger partial charge is 0.484 e. The molecule has 3 aromatic carbocycles. The van der Waals surface area contributed by atoms with Gasteiger partial charge in [0.1, 0.15) is 5.75 Å². The lowest BCUT2D eigenvalue weighted by molar-refractivity contribution is -0.123. The van der Waals surface area contributed by atoms with E-state index in [0.717, 1.165) is 18.4 Å². The van der Waals surface area contributed by atoms with Gasteiger partial charge in [0, 0.05) is 11.7 Å². The fourth-order valence-corrected chi connectivity index (χ4v) is 4.49. The molecule has 3 rings (SSSR count). The number of hydrogen-bond donors (Lipinski definition) is 2. The van der Waals surface area contributed by atoms with Crippen LogP contribution in [-0.2, 0) is 21.2 Å². The molecule has 0 saturated heterocycles. The maximum atomic E-state index is 12.7. The Balaban J connectivity index is 1.52. The highest BCUT2D eigenvalue weighted by molar-refractivity contribution is 7.92. The first-order valence-electron chi connectivity index (χ1n) is 10.9. The van der Waals surface area contributed by atoms with E-state index in [9.17, 15) is 13.2 Å². The molecule has 0 aliphatic rings. The van der Waals surface area contributed by atoms with Crippen LogP contribution in [0, 0.1) is 13.8 Å². The monoisotopic (exact) mass is 466 g/mol. The van der Waals surface area contributed by atoms with Crippen LogP contribution in [0.1, 0.15) is 30.0 Å². The van der Waals surface area contributed by atoms with Gasteiger partial charge in [0.25, 0.3) is 15.9 Å². The van der Waals surface area contributed by atoms with Crippen molar-refractivity contribution in [3.63, 3.8) is 0 Å². The van der Waals surface area contributed by atoms with Gasteiger partial charge < -0.3 is 10.1 Å². The van der Waals surface area contributed by atoms with Crippen molar-refractivity contribution < 1.29 is 17.9 Å². The maximum absolute atomic E-state index is 12.7. The van der Waals surface area contributed by atoms with Crippen LogP contribution in [0.3, 0.4) is 0 Å². The molecule has 0 unspecified atom stereocenters. The molecule has 174 valence electrons. The molecule has 0 saturated carbocycles. The first-order chi connectivity index (χ1) is 15.7. The summed E-state index contributed by atoms with van der Waals surface area (Å²) in [6.45, 7) is 5.52. The van der Waals surface area contributed by atoms with Gasteiger partial charge in [-0.25, -0.2) is 8.42 Å². The van der Waals surface area contributed by atoms with Crippen LogP contribution < -0.4 is 14.8 Å². The maximum Gasteiger partial charge on any atom is 0.261 e. The number of aryl methyl sites for hydroxylation is 3. The molecule has 3 aromatic rings. The van der Waals surface area contributed by atoms with Crippen LogP contribution >= 0.6 is 0 Å². The molecular formula is C26H30N2O4S. The highest BCUT2D eigenvalue weighted by atomic mass is 32.2. The smallest absolute Gasteiger partial charge is 0.261 e. The number of nitrogens with one attached hydrogen (secondary N) is 2. The summed E-state index contributed by atoms with van der Waals surface area (Å²) >= 11 is 0. The highest BCUT2D eigenvalue weighted by Crippen LogP contribution is 2.23. The quantitative estimate of drug-likeness (QED) is 0.457. The van der Waals surface area contributed by atoms with Crippen molar-refractivity contribution in [2.24, 2.45) is 0 Å². The van der Waals surface area contributed by atoms with Gasteiger partial charge >= 0.3 is 0 Å². The van der Waals surface area contributed by atoms with Crippen LogP contribution in [-0.4, -0.2) is 27.0 Å². The third-order valence-electron chi connectivity index (χ3n) is 5.24. The zero-order valence-corrected chi connectivity index (χ0v) is 20.0. The number of rotatable bonds is 10. The Kier molecular flexibility index (Phi) is 8.11. The molecule has 33 heavy (non-hydrogen) atoms. The number of hydrogen-bond acceptors (Lipinski definition) is 4. The molecule has 7 heteroatoms. The van der Waals surface area contributed by atoms with E-state index in [-0.39, 0.29) is 23.5 Å². The summed E-state index contributed by atoms with van der Waals surface area (Å²) in [6, 6.07) is 21.8. The molecule has 0 aliphatic heterocycles. The van der Waals surface area contributed by atoms with Crippen LogP contribution in [0.4, 0.5) is 5.69 Å². The Morgan fingerprint density at radius 3 is 2.33 bits per heavy atom. The standard InChI is InChI=1S/C26H30N2O4S/c1-19-9-13-23(14-10-19)28-33(30,31)24-15-16-25(20(2)17-24)32-18-26(29)27-21(3)11-12-22-7-5-4-6-8-22/h4-10,13-17,21,28H,11-12,18H2,1-3H3,(H,27,29)/t21-/m0/s1. The van der Waals surface area contributed by atoms with E-state index in [1.807, 2.05) is 44.2 Å². The summed E-state index contributed by atoms with van der Waals surface area (Å²) in [4.78, 5) is 12.4. The zero-order chi connectivity index (χ0) is 23.8. The van der Waals surface area contributed by atoms with E-state index in [4.69, 9.17) is 4.74 Å². The van der Waals surface area contributed by atoms with Crippen molar-refractivity contribution >= 4 is 21.6 Å². The molecule has 1 atom stereocenters. The number of amides is 1. The summed E-state index contributed by atoms with van der Waals surface area (Å²) in [5.41, 5.74) is 3.41. The minimum atomic E-state index is -3.73. The molecule has 0 radical (unpaired) electrons. The van der Waals surface area contributed by atoms with Gasteiger partial charge in [-0.05, 0) is 75.1 Å². The van der Waals surface area contributed by atoms with Gasteiger partial charge in [0.2, 0.25) is 0 Å². The summed E-state index contributed by atoms with van der Waals surface area (Å²) < 4.78 is 33.6. The Bertz CT molecular complexity index is 1180. The first kappa shape index (κ1) is 24.3. The van der Waals surface area contributed by atoms with E-state index in [1.54, 1.807) is 25.1 Å². The van der Waals surface area contributed by atoms with Crippen molar-refractivity contribution in [2.45, 2.75) is 44.6 Å². The number of ether oxygens (including phenoxy) is 1. The molecule has 0 fully saturated rings. The number of carbonyl (C=O) groups excluding carboxylic acids is 1. The molecule has 0 spiro atoms. The lowest BCUT2D eigenvalue weighted by Crippen LogP contribution is -2.36. The van der Waals surface area contributed by atoms with E-state index >= 15 is 0 Å². The lowest BCUT2D eigenvalue weighted by Gasteiger charge is -2.15. The van der Waals surface area contributed by atoms with Crippen LogP contribution in [0.25, 0.3) is 0 Å². The minimum absolute atomic E-state index is 0.0165. The summed E-state index contributed by atoms with van der Waals surface area (Å²) in [5, 5.41) is 2.94. The van der Waals surface area contributed by atoms with Crippen LogP contribution in [0.5, 0.6) is 5.75 Å². The predicted octanol–water partition coefficient (Wildman–Crippen LogP) is 4.62. The van der Waals surface area contributed by atoms with Gasteiger partial charge in [-0.15, -0.1) is 0 Å². The van der Waals surface area contributed by atoms with Crippen molar-refractivity contribution in [1.29, 1.82) is 0 Å². The van der Waals surface area contributed by atoms with Gasteiger partial charge in [-0.1, -0.05) is 48.0 Å². The van der Waals surface area contributed by atoms with Gasteiger partial charge in [-0.3, -0.25) is 9.52 Å². The molecule has 0 heterocycles. The zero-order valence-electron chi connectivity index (χ0n) is 19.2. The number of benzene rings is 3. The normalized spacial score (nSPS) is 12.1. The van der Waals surface area contributed by atoms with Crippen molar-refractivity contribution in [3.8, 4) is 5.75 Å². The second-order valence-electron chi connectivity index (χ2n) is 8.18. The van der Waals surface area contributed by atoms with Crippen molar-refractivity contribution in [3.05, 3.63) is 89.5 Å². The van der Waals surface area contributed by atoms with Gasteiger partial charge in [-0.2, -0.15) is 0 Å². The summed E-state index contributed by atoms with van der Waals surface area (Å²) in [5.74, 6) is 0.254. The Morgan fingerprint density at radius 1 is 0.970 bits per heavy atom. The average Bonchev–Trinajstić information content (AvgIpc) is 2.79. The Hall–Kier alpha value is -3.32. The summed E-state index contributed by atoms with van der Waals surface area (Å²) in [6.07, 6.45) is 1.71. The molecular weight excluding hydrogens is 436 g/mol. The molecule has 1 amide bonds. The fourth-order valence-electron chi connectivity index (χ4n) is 3.35. The molecule has 2 N–H and O–H groups in total. The number of carbonyl (C=O) groups is 1. The third-order valence-corrected chi connectivity index (χ3v) is 6.61. The number of anilines is 1. The van der Waals surface area contributed by atoms with Crippen LogP contribution in [0.2, 0.25) is 0 Å². The predicted molar refractivity (Wildman–Crippen MR) is 131 cm³/mol.